The van der Waals surface area contributed by atoms with Gasteiger partial charge in [0.1, 0.15) is 0 Å². The van der Waals surface area contributed by atoms with Crippen molar-refractivity contribution < 1.29 is 13.2 Å². The number of ether oxygens (including phenoxy) is 1. The van der Waals surface area contributed by atoms with Gasteiger partial charge in [0, 0.05) is 52.1 Å². The van der Waals surface area contributed by atoms with Crippen LogP contribution < -0.4 is 4.90 Å². The number of nitrogens with zero attached hydrogens (tertiary/aromatic N) is 5. The normalized spacial score (nSPS) is 22.8. The van der Waals surface area contributed by atoms with E-state index in [0.29, 0.717) is 19.7 Å². The van der Waals surface area contributed by atoms with Gasteiger partial charge in [0.25, 0.3) is 0 Å². The van der Waals surface area contributed by atoms with Crippen LogP contribution in [0, 0.1) is 0 Å². The van der Waals surface area contributed by atoms with E-state index in [-0.39, 0.29) is 11.8 Å². The summed E-state index contributed by atoms with van der Waals surface area (Å²) < 4.78 is 33.8. The molecule has 2 aromatic heterocycles. The molecule has 0 unspecified atom stereocenters. The number of H-pyrrole nitrogens is 1. The minimum Gasteiger partial charge on any atom is -0.385 e. The molecule has 0 bridgehead atoms. The smallest absolute Gasteiger partial charge is 0.227 e. The number of aromatic amines is 1. The third kappa shape index (κ3) is 3.81. The van der Waals surface area contributed by atoms with Crippen LogP contribution in [0.15, 0.2) is 18.3 Å². The van der Waals surface area contributed by atoms with E-state index in [9.17, 15) is 8.42 Å². The molecule has 0 aromatic carbocycles. The highest BCUT2D eigenvalue weighted by Gasteiger charge is 2.37. The summed E-state index contributed by atoms with van der Waals surface area (Å²) in [7, 11) is -1.41. The van der Waals surface area contributed by atoms with Gasteiger partial charge in [0.05, 0.1) is 11.4 Å². The zero-order valence-corrected chi connectivity index (χ0v) is 17.1. The van der Waals surface area contributed by atoms with E-state index < -0.39 is 10.0 Å². The number of rotatable bonds is 7. The SMILES string of the molecule is COCCCn1c(-c2ccc[nH]2)nnc1N1CCC[C@@H](N2CCCS2(=O)=O)C1. The molecule has 2 aliphatic rings. The number of methoxy groups -OCH3 is 1. The van der Waals surface area contributed by atoms with E-state index >= 15 is 0 Å². The van der Waals surface area contributed by atoms with Crippen molar-refractivity contribution in [1.29, 1.82) is 0 Å². The van der Waals surface area contributed by atoms with Crippen LogP contribution in [0.2, 0.25) is 0 Å². The fourth-order valence-corrected chi connectivity index (χ4v) is 5.97. The molecular formula is C18H28N6O3S. The van der Waals surface area contributed by atoms with Gasteiger partial charge in [-0.3, -0.25) is 4.57 Å². The summed E-state index contributed by atoms with van der Waals surface area (Å²) in [5.41, 5.74) is 0.923. The number of hydrogen-bond donors (Lipinski definition) is 1. The highest BCUT2D eigenvalue weighted by molar-refractivity contribution is 7.89. The lowest BCUT2D eigenvalue weighted by atomic mass is 10.1. The lowest BCUT2D eigenvalue weighted by molar-refractivity contribution is 0.190. The van der Waals surface area contributed by atoms with E-state index in [1.807, 2.05) is 18.3 Å². The van der Waals surface area contributed by atoms with Crippen LogP contribution >= 0.6 is 0 Å². The van der Waals surface area contributed by atoms with E-state index in [1.165, 1.54) is 0 Å². The highest BCUT2D eigenvalue weighted by atomic mass is 32.2. The molecule has 0 radical (unpaired) electrons. The number of sulfonamides is 1. The van der Waals surface area contributed by atoms with Gasteiger partial charge in [-0.2, -0.15) is 4.31 Å². The van der Waals surface area contributed by atoms with Crippen LogP contribution in [-0.4, -0.2) is 77.6 Å². The summed E-state index contributed by atoms with van der Waals surface area (Å²) in [5.74, 6) is 1.88. The predicted octanol–water partition coefficient (Wildman–Crippen LogP) is 1.31. The summed E-state index contributed by atoms with van der Waals surface area (Å²) in [6.45, 7) is 3.56. The second-order valence-corrected chi connectivity index (χ2v) is 9.47. The monoisotopic (exact) mass is 408 g/mol. The van der Waals surface area contributed by atoms with E-state index in [0.717, 1.165) is 56.2 Å². The molecule has 9 nitrogen and oxygen atoms in total. The second kappa shape index (κ2) is 8.22. The van der Waals surface area contributed by atoms with Crippen LogP contribution in [-0.2, 0) is 21.3 Å². The van der Waals surface area contributed by atoms with Crippen molar-refractivity contribution in [3.63, 3.8) is 0 Å². The third-order valence-electron chi connectivity index (χ3n) is 5.53. The number of hydrogen-bond acceptors (Lipinski definition) is 6. The molecule has 0 amide bonds. The minimum atomic E-state index is -3.11. The van der Waals surface area contributed by atoms with Gasteiger partial charge in [-0.15, -0.1) is 10.2 Å². The van der Waals surface area contributed by atoms with Gasteiger partial charge in [-0.25, -0.2) is 8.42 Å². The van der Waals surface area contributed by atoms with Crippen molar-refractivity contribution >= 4 is 16.0 Å². The Balaban J connectivity index is 1.59. The Bertz CT molecular complexity index is 879. The quantitative estimate of drug-likeness (QED) is 0.694. The van der Waals surface area contributed by atoms with Crippen LogP contribution in [0.3, 0.4) is 0 Å². The van der Waals surface area contributed by atoms with Crippen molar-refractivity contribution in [3.8, 4) is 11.5 Å². The van der Waals surface area contributed by atoms with Gasteiger partial charge in [0.2, 0.25) is 16.0 Å². The molecule has 10 heteroatoms. The fourth-order valence-electron chi connectivity index (χ4n) is 4.21. The topological polar surface area (TPSA) is 96.3 Å². The Kier molecular flexibility index (Phi) is 5.70. The number of anilines is 1. The maximum Gasteiger partial charge on any atom is 0.227 e. The van der Waals surface area contributed by atoms with Crippen LogP contribution in [0.5, 0.6) is 0 Å². The highest BCUT2D eigenvalue weighted by Crippen LogP contribution is 2.28. The summed E-state index contributed by atoms with van der Waals surface area (Å²) in [5, 5.41) is 8.91. The summed E-state index contributed by atoms with van der Waals surface area (Å²) in [6, 6.07) is 3.94. The molecule has 0 spiro atoms. The molecule has 2 fully saturated rings. The molecule has 0 saturated carbocycles. The summed E-state index contributed by atoms with van der Waals surface area (Å²) in [4.78, 5) is 5.39. The van der Waals surface area contributed by atoms with Crippen LogP contribution in [0.4, 0.5) is 5.95 Å². The Morgan fingerprint density at radius 2 is 2.18 bits per heavy atom. The molecule has 4 heterocycles. The molecule has 0 aliphatic carbocycles. The molecule has 28 heavy (non-hydrogen) atoms. The molecule has 1 atom stereocenters. The standard InChI is InChI=1S/C18H28N6O3S/c1-27-12-4-10-23-17(16-7-2-8-19-16)20-21-18(23)22-9-3-6-15(14-22)24-11-5-13-28(24,25)26/h2,7-8,15,19H,3-6,9-14H2,1H3/t15-/m1/s1. The largest absolute Gasteiger partial charge is 0.385 e. The number of nitrogens with one attached hydrogen (secondary N) is 1. The molecule has 2 aromatic rings. The Morgan fingerprint density at radius 3 is 2.89 bits per heavy atom. The first-order valence-corrected chi connectivity index (χ1v) is 11.5. The molecule has 1 N–H and O–H groups in total. The zero-order chi connectivity index (χ0) is 19.6. The first-order chi connectivity index (χ1) is 13.6. The average Bonchev–Trinajstić information content (AvgIpc) is 3.41. The van der Waals surface area contributed by atoms with Crippen molar-refractivity contribution in [2.45, 2.75) is 38.3 Å². The van der Waals surface area contributed by atoms with Crippen molar-refractivity contribution in [1.82, 2.24) is 24.1 Å². The molecule has 2 aliphatic heterocycles. The van der Waals surface area contributed by atoms with Crippen LogP contribution in [0.25, 0.3) is 11.5 Å². The van der Waals surface area contributed by atoms with Gasteiger partial charge in [0.15, 0.2) is 5.82 Å². The molecule has 4 rings (SSSR count). The van der Waals surface area contributed by atoms with E-state index in [4.69, 9.17) is 4.74 Å². The van der Waals surface area contributed by atoms with Gasteiger partial charge >= 0.3 is 0 Å². The predicted molar refractivity (Wildman–Crippen MR) is 107 cm³/mol. The van der Waals surface area contributed by atoms with Gasteiger partial charge in [-0.05, 0) is 37.8 Å². The first-order valence-electron chi connectivity index (χ1n) is 9.90. The van der Waals surface area contributed by atoms with Gasteiger partial charge < -0.3 is 14.6 Å². The third-order valence-corrected chi connectivity index (χ3v) is 7.52. The van der Waals surface area contributed by atoms with Crippen molar-refractivity contribution in [3.05, 3.63) is 18.3 Å². The molecule has 2 saturated heterocycles. The minimum absolute atomic E-state index is 0.0133. The van der Waals surface area contributed by atoms with Crippen LogP contribution in [0.1, 0.15) is 25.7 Å². The number of piperidine rings is 1. The first kappa shape index (κ1) is 19.4. The Hall–Kier alpha value is -1.91. The Labute approximate surface area is 165 Å². The lowest BCUT2D eigenvalue weighted by Crippen LogP contribution is -2.49. The number of aromatic nitrogens is 4. The fraction of sp³-hybridized carbons (Fsp3) is 0.667. The summed E-state index contributed by atoms with van der Waals surface area (Å²) in [6.07, 6.45) is 5.30. The van der Waals surface area contributed by atoms with Crippen molar-refractivity contribution in [2.75, 3.05) is 44.0 Å². The average molecular weight is 409 g/mol. The summed E-state index contributed by atoms with van der Waals surface area (Å²) >= 11 is 0. The molecular weight excluding hydrogens is 380 g/mol. The lowest BCUT2D eigenvalue weighted by Gasteiger charge is -2.37. The maximum absolute atomic E-state index is 12.4. The molecule has 154 valence electrons. The Morgan fingerprint density at radius 1 is 1.29 bits per heavy atom. The van der Waals surface area contributed by atoms with Crippen molar-refractivity contribution in [2.24, 2.45) is 0 Å². The zero-order valence-electron chi connectivity index (χ0n) is 16.2. The second-order valence-electron chi connectivity index (χ2n) is 7.43. The van der Waals surface area contributed by atoms with E-state index in [2.05, 4.69) is 24.6 Å². The van der Waals surface area contributed by atoms with Gasteiger partial charge in [-0.1, -0.05) is 0 Å². The maximum atomic E-state index is 12.4. The van der Waals surface area contributed by atoms with E-state index in [1.54, 1.807) is 11.4 Å².